The van der Waals surface area contributed by atoms with Crippen LogP contribution in [0.1, 0.15) is 36.8 Å². The van der Waals surface area contributed by atoms with Crippen LogP contribution in [0.2, 0.25) is 0 Å². The van der Waals surface area contributed by atoms with E-state index in [9.17, 15) is 0 Å². The molecular weight excluding hydrogens is 677 g/mol. The molecule has 0 spiro atoms. The first-order valence-electron chi connectivity index (χ1n) is 19.9. The van der Waals surface area contributed by atoms with E-state index < -0.39 is 0 Å². The number of hydrogen-bond donors (Lipinski definition) is 0. The summed E-state index contributed by atoms with van der Waals surface area (Å²) in [7, 11) is 0. The molecular formula is C54H40N2. The van der Waals surface area contributed by atoms with Crippen molar-refractivity contribution in [3.05, 3.63) is 205 Å². The van der Waals surface area contributed by atoms with Gasteiger partial charge in [-0.05, 0) is 113 Å². The van der Waals surface area contributed by atoms with E-state index in [4.69, 9.17) is 0 Å². The van der Waals surface area contributed by atoms with E-state index in [2.05, 4.69) is 203 Å². The first-order chi connectivity index (χ1) is 27.8. The fourth-order valence-electron chi connectivity index (χ4n) is 9.19. The summed E-state index contributed by atoms with van der Waals surface area (Å²) in [4.78, 5) is 0. The second kappa shape index (κ2) is 13.4. The van der Waals surface area contributed by atoms with Gasteiger partial charge in [0, 0.05) is 38.5 Å². The molecule has 2 heterocycles. The van der Waals surface area contributed by atoms with Gasteiger partial charge in [-0.3, -0.25) is 0 Å². The molecule has 0 saturated carbocycles. The number of fused-ring (bicyclic) bond motifs is 6. The highest BCUT2D eigenvalue weighted by Gasteiger charge is 2.21. The van der Waals surface area contributed by atoms with Gasteiger partial charge in [0.25, 0.3) is 0 Å². The zero-order valence-corrected chi connectivity index (χ0v) is 31.2. The van der Waals surface area contributed by atoms with Crippen LogP contribution in [0.15, 0.2) is 194 Å². The molecule has 9 aromatic rings. The predicted molar refractivity (Wildman–Crippen MR) is 239 cm³/mol. The second-order valence-corrected chi connectivity index (χ2v) is 15.1. The van der Waals surface area contributed by atoms with Gasteiger partial charge in [0.15, 0.2) is 0 Å². The zero-order chi connectivity index (χ0) is 37.0. The van der Waals surface area contributed by atoms with Crippen molar-refractivity contribution in [3.8, 4) is 27.9 Å². The lowest BCUT2D eigenvalue weighted by molar-refractivity contribution is 0.983. The summed E-state index contributed by atoms with van der Waals surface area (Å²) in [5.41, 5.74) is 17.5. The van der Waals surface area contributed by atoms with Crippen LogP contribution in [0, 0.1) is 0 Å². The van der Waals surface area contributed by atoms with Gasteiger partial charge in [-0.15, -0.1) is 0 Å². The highest BCUT2D eigenvalue weighted by Crippen LogP contribution is 2.43. The summed E-state index contributed by atoms with van der Waals surface area (Å²) in [6, 6.07) is 60.5. The van der Waals surface area contributed by atoms with Gasteiger partial charge in [-0.2, -0.15) is 0 Å². The van der Waals surface area contributed by atoms with Crippen molar-refractivity contribution < 1.29 is 0 Å². The molecule has 56 heavy (non-hydrogen) atoms. The van der Waals surface area contributed by atoms with E-state index in [0.717, 1.165) is 25.7 Å². The molecule has 266 valence electrons. The summed E-state index contributed by atoms with van der Waals surface area (Å²) in [5, 5.41) is 5.09. The molecule has 11 rings (SSSR count). The van der Waals surface area contributed by atoms with E-state index in [1.165, 1.54) is 99.5 Å². The Morgan fingerprint density at radius 3 is 1.84 bits per heavy atom. The maximum Gasteiger partial charge on any atom is 0.0616 e. The Morgan fingerprint density at radius 2 is 1.05 bits per heavy atom. The summed E-state index contributed by atoms with van der Waals surface area (Å²) in [6.07, 6.45) is 15.9. The molecule has 0 unspecified atom stereocenters. The molecule has 0 radical (unpaired) electrons. The summed E-state index contributed by atoms with van der Waals surface area (Å²) >= 11 is 0. The van der Waals surface area contributed by atoms with E-state index >= 15 is 0 Å². The molecule has 0 amide bonds. The average Bonchev–Trinajstić information content (AvgIpc) is 3.80. The number of para-hydroxylation sites is 3. The predicted octanol–water partition coefficient (Wildman–Crippen LogP) is 14.7. The molecule has 7 aromatic carbocycles. The number of hydrogen-bond acceptors (Lipinski definition) is 0. The van der Waals surface area contributed by atoms with Crippen molar-refractivity contribution in [2.24, 2.45) is 0 Å². The van der Waals surface area contributed by atoms with Crippen LogP contribution in [0.3, 0.4) is 0 Å². The minimum Gasteiger partial charge on any atom is -0.312 e. The highest BCUT2D eigenvalue weighted by atomic mass is 15.0. The molecule has 2 nitrogen and oxygen atoms in total. The van der Waals surface area contributed by atoms with Crippen LogP contribution in [0.4, 0.5) is 0 Å². The molecule has 0 bridgehead atoms. The SMILES string of the molecule is C1=CC(c2cc(-c3ccccc3)cc(-n3c4ccccc4c4cc(-c5cccc6c7ccccc7n(C7=CC(c8ccccc8)=CCC7)c56)ccc43)c2)=CCC1. The Morgan fingerprint density at radius 1 is 0.393 bits per heavy atom. The maximum absolute atomic E-state index is 2.55. The van der Waals surface area contributed by atoms with Crippen molar-refractivity contribution in [2.45, 2.75) is 25.7 Å². The molecule has 0 atom stereocenters. The third kappa shape index (κ3) is 5.40. The van der Waals surface area contributed by atoms with Crippen molar-refractivity contribution in [3.63, 3.8) is 0 Å². The van der Waals surface area contributed by atoms with Gasteiger partial charge in [-0.1, -0.05) is 146 Å². The summed E-state index contributed by atoms with van der Waals surface area (Å²) < 4.78 is 5.02. The van der Waals surface area contributed by atoms with Crippen molar-refractivity contribution in [2.75, 3.05) is 0 Å². The third-order valence-corrected chi connectivity index (χ3v) is 11.8. The van der Waals surface area contributed by atoms with Crippen LogP contribution in [0.5, 0.6) is 0 Å². The molecule has 2 aliphatic rings. The van der Waals surface area contributed by atoms with Crippen LogP contribution in [-0.4, -0.2) is 9.13 Å². The Balaban J connectivity index is 1.13. The fraction of sp³-hybridized carbons (Fsp3) is 0.0741. The van der Waals surface area contributed by atoms with Crippen LogP contribution in [0.25, 0.3) is 88.4 Å². The fourth-order valence-corrected chi connectivity index (χ4v) is 9.19. The Hall–Kier alpha value is -6.90. The molecule has 2 aliphatic carbocycles. The molecule has 2 aromatic heterocycles. The second-order valence-electron chi connectivity index (χ2n) is 15.1. The van der Waals surface area contributed by atoms with Gasteiger partial charge in [-0.25, -0.2) is 0 Å². The Labute approximate surface area is 327 Å². The van der Waals surface area contributed by atoms with E-state index in [1.54, 1.807) is 0 Å². The van der Waals surface area contributed by atoms with Gasteiger partial charge in [0.05, 0.1) is 22.1 Å². The van der Waals surface area contributed by atoms with E-state index in [0.29, 0.717) is 0 Å². The molecule has 0 saturated heterocycles. The molecule has 2 heteroatoms. The van der Waals surface area contributed by atoms with Crippen molar-refractivity contribution >= 4 is 60.5 Å². The van der Waals surface area contributed by atoms with Crippen LogP contribution >= 0.6 is 0 Å². The quantitative estimate of drug-likeness (QED) is 0.162. The largest absolute Gasteiger partial charge is 0.312 e. The van der Waals surface area contributed by atoms with Gasteiger partial charge < -0.3 is 9.13 Å². The first kappa shape index (κ1) is 32.5. The summed E-state index contributed by atoms with van der Waals surface area (Å²) in [6.45, 7) is 0. The number of aromatic nitrogens is 2. The van der Waals surface area contributed by atoms with E-state index in [1.807, 2.05) is 0 Å². The Kier molecular flexibility index (Phi) is 7.81. The molecule has 0 N–H and O–H groups in total. The number of benzene rings is 7. The standard InChI is InChI=1S/C54H40N2/c1-4-16-37(17-5-1)40-22-14-23-44(33-40)56-52-29-13-10-24-47(52)49-27-15-26-46(54(49)56)41-30-31-53-50(36-41)48-25-11-12-28-51(48)55(53)45-34-42(38-18-6-2-7-19-38)32-43(35-45)39-20-8-3-9-21-39/h1-2,4-8,10-13,15-22,24-36H,3,9,14,23H2. The monoisotopic (exact) mass is 716 g/mol. The maximum atomic E-state index is 2.55. The minimum atomic E-state index is 0.988. The lowest BCUT2D eigenvalue weighted by atomic mass is 9.95. The average molecular weight is 717 g/mol. The zero-order valence-electron chi connectivity index (χ0n) is 31.2. The number of nitrogens with zero attached hydrogens (tertiary/aromatic N) is 2. The van der Waals surface area contributed by atoms with E-state index in [-0.39, 0.29) is 0 Å². The topological polar surface area (TPSA) is 9.86 Å². The molecule has 0 fully saturated rings. The first-order valence-corrected chi connectivity index (χ1v) is 19.9. The Bertz CT molecular complexity index is 3110. The smallest absolute Gasteiger partial charge is 0.0616 e. The summed E-state index contributed by atoms with van der Waals surface area (Å²) in [5.74, 6) is 0. The normalized spacial score (nSPS) is 14.4. The van der Waals surface area contributed by atoms with Crippen molar-refractivity contribution in [1.82, 2.24) is 9.13 Å². The van der Waals surface area contributed by atoms with Gasteiger partial charge in [0.1, 0.15) is 0 Å². The minimum absolute atomic E-state index is 0.988. The van der Waals surface area contributed by atoms with Gasteiger partial charge >= 0.3 is 0 Å². The highest BCUT2D eigenvalue weighted by molar-refractivity contribution is 6.16. The van der Waals surface area contributed by atoms with Gasteiger partial charge in [0.2, 0.25) is 0 Å². The van der Waals surface area contributed by atoms with Crippen LogP contribution < -0.4 is 0 Å². The van der Waals surface area contributed by atoms with Crippen molar-refractivity contribution in [1.29, 1.82) is 0 Å². The lowest BCUT2D eigenvalue weighted by Crippen LogP contribution is -2.02. The lowest BCUT2D eigenvalue weighted by Gasteiger charge is -2.19. The van der Waals surface area contributed by atoms with Crippen LogP contribution in [-0.2, 0) is 0 Å². The third-order valence-electron chi connectivity index (χ3n) is 11.8. The number of rotatable bonds is 6. The molecule has 0 aliphatic heterocycles. The number of allylic oxidation sites excluding steroid dienone is 8.